The van der Waals surface area contributed by atoms with Crippen molar-refractivity contribution in [2.75, 3.05) is 19.7 Å². The van der Waals surface area contributed by atoms with Crippen molar-refractivity contribution in [3.8, 4) is 0 Å². The first kappa shape index (κ1) is 42.1. The Bertz CT molecular complexity index is 1160. The number of carboxylic acid groups (broad SMARTS) is 1. The number of carbonyl (C=O) groups excluding carboxylic acids is 8. The summed E-state index contributed by atoms with van der Waals surface area (Å²) in [5, 5.41) is 41.6. The number of rotatable bonds is 22. The lowest BCUT2D eigenvalue weighted by Gasteiger charge is -2.28. The summed E-state index contributed by atoms with van der Waals surface area (Å²) < 4.78 is 0. The van der Waals surface area contributed by atoms with Crippen LogP contribution in [0.25, 0.3) is 0 Å². The Hall–Kier alpha value is -4.89. The summed E-state index contributed by atoms with van der Waals surface area (Å²) in [5.74, 6) is -9.62. The van der Waals surface area contributed by atoms with Gasteiger partial charge in [0.1, 0.15) is 36.8 Å². The van der Waals surface area contributed by atoms with Crippen LogP contribution < -0.4 is 49.1 Å². The van der Waals surface area contributed by atoms with Gasteiger partial charge in [0.15, 0.2) is 0 Å². The molecular formula is C26H45N9O12. The number of carboxylic acids is 1. The number of primary amides is 2. The van der Waals surface area contributed by atoms with Gasteiger partial charge < -0.3 is 64.4 Å². The first-order valence-electron chi connectivity index (χ1n) is 14.4. The van der Waals surface area contributed by atoms with Crippen molar-refractivity contribution >= 4 is 53.2 Å². The van der Waals surface area contributed by atoms with E-state index in [9.17, 15) is 53.4 Å². The number of aliphatic hydroxyl groups is 2. The maximum Gasteiger partial charge on any atom is 0.322 e. The summed E-state index contributed by atoms with van der Waals surface area (Å²) in [6, 6.07) is -7.93. The zero-order valence-electron chi connectivity index (χ0n) is 26.2. The minimum Gasteiger partial charge on any atom is -0.480 e. The van der Waals surface area contributed by atoms with Gasteiger partial charge in [-0.15, -0.1) is 0 Å². The van der Waals surface area contributed by atoms with Gasteiger partial charge in [0.05, 0.1) is 25.7 Å². The quantitative estimate of drug-likeness (QED) is 0.0508. The van der Waals surface area contributed by atoms with Crippen molar-refractivity contribution < 1.29 is 58.5 Å². The molecule has 0 aromatic carbocycles. The number of amides is 8. The van der Waals surface area contributed by atoms with Gasteiger partial charge in [0.25, 0.3) is 0 Å². The van der Waals surface area contributed by atoms with Gasteiger partial charge in [-0.25, -0.2) is 0 Å². The van der Waals surface area contributed by atoms with E-state index in [0.29, 0.717) is 0 Å². The summed E-state index contributed by atoms with van der Waals surface area (Å²) in [6.45, 7) is 2.26. The molecule has 0 unspecified atom stereocenters. The van der Waals surface area contributed by atoms with Gasteiger partial charge in [0, 0.05) is 6.42 Å². The molecule has 0 heterocycles. The molecule has 0 aromatic heterocycles. The number of aliphatic hydroxyl groups excluding tert-OH is 2. The number of aliphatic carboxylic acids is 1. The lowest BCUT2D eigenvalue weighted by Crippen LogP contribution is -2.62. The molecule has 0 radical (unpaired) electrons. The molecule has 0 aliphatic carbocycles. The first-order valence-corrected chi connectivity index (χ1v) is 14.4. The van der Waals surface area contributed by atoms with Crippen LogP contribution in [0.4, 0.5) is 0 Å². The molecule has 47 heavy (non-hydrogen) atoms. The van der Waals surface area contributed by atoms with E-state index in [4.69, 9.17) is 22.3 Å². The van der Waals surface area contributed by atoms with Crippen molar-refractivity contribution in [2.24, 2.45) is 23.1 Å². The van der Waals surface area contributed by atoms with Crippen molar-refractivity contribution in [3.05, 3.63) is 0 Å². The smallest absolute Gasteiger partial charge is 0.322 e. The van der Waals surface area contributed by atoms with Crippen molar-refractivity contribution in [1.29, 1.82) is 0 Å². The third kappa shape index (κ3) is 16.8. The van der Waals surface area contributed by atoms with E-state index < -0.39 is 116 Å². The van der Waals surface area contributed by atoms with Crippen LogP contribution in [0.5, 0.6) is 0 Å². The van der Waals surface area contributed by atoms with Gasteiger partial charge in [-0.1, -0.05) is 13.8 Å². The van der Waals surface area contributed by atoms with E-state index in [1.54, 1.807) is 13.8 Å². The average Bonchev–Trinajstić information content (AvgIpc) is 2.97. The highest BCUT2D eigenvalue weighted by Crippen LogP contribution is 2.08. The Morgan fingerprint density at radius 3 is 1.68 bits per heavy atom. The van der Waals surface area contributed by atoms with Crippen molar-refractivity contribution in [1.82, 2.24) is 31.9 Å². The maximum absolute atomic E-state index is 13.3. The van der Waals surface area contributed by atoms with Crippen LogP contribution >= 0.6 is 0 Å². The standard InChI is InChI=1S/C26H45N9O12/c1-11(2)6-14(23(44)32-13(4-5-17(28)38)22(43)30-9-20(41)42)33-24(45)15(7-18(29)39)34-26(47)21(12(3)37)35-25(46)16(10-36)31-19(40)8-27/h11-16,21,36-37H,4-10,27H2,1-3H3,(H2,28,38)(H2,29,39)(H,30,43)(H,31,40)(H,32,44)(H,33,45)(H,34,47)(H,35,46)(H,41,42)/t12-,13+,14+,15+,16+,21+/m1/s1. The minimum atomic E-state index is -1.78. The zero-order chi connectivity index (χ0) is 36.4. The fraction of sp³-hybridized carbons (Fsp3) is 0.654. The van der Waals surface area contributed by atoms with E-state index in [1.807, 2.05) is 0 Å². The normalized spacial score (nSPS) is 14.6. The fourth-order valence-electron chi connectivity index (χ4n) is 3.87. The molecule has 0 aliphatic heterocycles. The van der Waals surface area contributed by atoms with Crippen molar-refractivity contribution in [3.63, 3.8) is 0 Å². The molecule has 0 saturated heterocycles. The highest BCUT2D eigenvalue weighted by molar-refractivity contribution is 5.98. The Balaban J connectivity index is 6.04. The van der Waals surface area contributed by atoms with Gasteiger partial charge in [-0.05, 0) is 25.7 Å². The Kier molecular flexibility index (Phi) is 18.8. The van der Waals surface area contributed by atoms with E-state index in [0.717, 1.165) is 6.92 Å². The minimum absolute atomic E-state index is 0.0441. The molecule has 0 aliphatic rings. The van der Waals surface area contributed by atoms with Crippen LogP contribution in [0.1, 0.15) is 46.5 Å². The molecule has 266 valence electrons. The molecule has 0 rings (SSSR count). The van der Waals surface area contributed by atoms with Crippen LogP contribution in [0.2, 0.25) is 0 Å². The van der Waals surface area contributed by atoms with Crippen molar-refractivity contribution in [2.45, 2.75) is 82.8 Å². The number of nitrogens with one attached hydrogen (secondary N) is 6. The zero-order valence-corrected chi connectivity index (χ0v) is 26.2. The monoisotopic (exact) mass is 675 g/mol. The predicted molar refractivity (Wildman–Crippen MR) is 160 cm³/mol. The molecule has 15 N–H and O–H groups in total. The summed E-state index contributed by atoms with van der Waals surface area (Å²) in [6.07, 6.45) is -3.13. The van der Waals surface area contributed by atoms with E-state index >= 15 is 0 Å². The second kappa shape index (κ2) is 21.0. The number of hydrogen-bond donors (Lipinski definition) is 12. The number of hydrogen-bond acceptors (Lipinski definition) is 12. The number of nitrogens with two attached hydrogens (primary N) is 3. The lowest BCUT2D eigenvalue weighted by atomic mass is 10.0. The molecule has 6 atom stereocenters. The summed E-state index contributed by atoms with van der Waals surface area (Å²) >= 11 is 0. The second-order valence-electron chi connectivity index (χ2n) is 10.8. The van der Waals surface area contributed by atoms with Gasteiger partial charge in [0.2, 0.25) is 47.3 Å². The van der Waals surface area contributed by atoms with Crippen LogP contribution in [0.15, 0.2) is 0 Å². The molecule has 21 nitrogen and oxygen atoms in total. The molecule has 0 fully saturated rings. The van der Waals surface area contributed by atoms with Gasteiger partial charge in [-0.2, -0.15) is 0 Å². The topological polar surface area (TPSA) is 365 Å². The van der Waals surface area contributed by atoms with Crippen LogP contribution in [0, 0.1) is 5.92 Å². The van der Waals surface area contributed by atoms with Crippen LogP contribution in [-0.2, 0) is 43.2 Å². The van der Waals surface area contributed by atoms with E-state index in [1.165, 1.54) is 0 Å². The van der Waals surface area contributed by atoms with Gasteiger partial charge in [-0.3, -0.25) is 43.2 Å². The highest BCUT2D eigenvalue weighted by Gasteiger charge is 2.35. The van der Waals surface area contributed by atoms with Crippen LogP contribution in [-0.4, -0.2) is 125 Å². The lowest BCUT2D eigenvalue weighted by molar-refractivity contribution is -0.139. The van der Waals surface area contributed by atoms with Gasteiger partial charge >= 0.3 is 5.97 Å². The van der Waals surface area contributed by atoms with Crippen LogP contribution in [0.3, 0.4) is 0 Å². The molecule has 8 amide bonds. The molecule has 0 saturated carbocycles. The predicted octanol–water partition coefficient (Wildman–Crippen LogP) is -6.87. The number of carbonyl (C=O) groups is 9. The molecule has 0 spiro atoms. The highest BCUT2D eigenvalue weighted by atomic mass is 16.4. The second-order valence-corrected chi connectivity index (χ2v) is 10.8. The molecule has 0 aromatic rings. The summed E-state index contributed by atoms with van der Waals surface area (Å²) in [7, 11) is 0. The summed E-state index contributed by atoms with van der Waals surface area (Å²) in [5.41, 5.74) is 15.6. The first-order chi connectivity index (χ1) is 21.8. The fourth-order valence-corrected chi connectivity index (χ4v) is 3.87. The molecule has 0 bridgehead atoms. The third-order valence-electron chi connectivity index (χ3n) is 6.19. The summed E-state index contributed by atoms with van der Waals surface area (Å²) in [4.78, 5) is 110. The molecular weight excluding hydrogens is 630 g/mol. The van der Waals surface area contributed by atoms with E-state index in [2.05, 4.69) is 31.9 Å². The Labute approximate surface area is 269 Å². The van der Waals surface area contributed by atoms with E-state index in [-0.39, 0.29) is 25.2 Å². The average molecular weight is 676 g/mol. The third-order valence-corrected chi connectivity index (χ3v) is 6.19. The molecule has 21 heteroatoms. The SMILES string of the molecule is CC(C)C[C@H](NC(=O)[C@H](CC(N)=O)NC(=O)[C@@H](NC(=O)[C@H](CO)NC(=O)CN)[C@@H](C)O)C(=O)N[C@@H](CCC(N)=O)C(=O)NCC(=O)O. The Morgan fingerprint density at radius 2 is 1.21 bits per heavy atom. The largest absolute Gasteiger partial charge is 0.480 e. The Morgan fingerprint density at radius 1 is 0.681 bits per heavy atom. The maximum atomic E-state index is 13.3.